The van der Waals surface area contributed by atoms with E-state index >= 15 is 0 Å². The summed E-state index contributed by atoms with van der Waals surface area (Å²) in [7, 11) is -3.99. The lowest BCUT2D eigenvalue weighted by Gasteiger charge is -2.35. The maximum absolute atomic E-state index is 14.2. The molecule has 9 nitrogen and oxygen atoms in total. The predicted octanol–water partition coefficient (Wildman–Crippen LogP) is 5.08. The van der Waals surface area contributed by atoms with Crippen LogP contribution in [0.3, 0.4) is 0 Å². The second-order valence-electron chi connectivity index (χ2n) is 14.6. The number of hydrogen-bond donors (Lipinski definition) is 4. The summed E-state index contributed by atoms with van der Waals surface area (Å²) < 4.78 is 42.4. The minimum absolute atomic E-state index is 0.0352. The van der Waals surface area contributed by atoms with Gasteiger partial charge >= 0.3 is 0 Å². The van der Waals surface area contributed by atoms with Crippen molar-refractivity contribution in [3.8, 4) is 0 Å². The zero-order valence-electron chi connectivity index (χ0n) is 30.7. The number of sulfonamides is 1. The molecule has 3 aromatic rings. The van der Waals surface area contributed by atoms with Crippen LogP contribution in [0.4, 0.5) is 4.39 Å². The highest BCUT2D eigenvalue weighted by Gasteiger charge is 2.45. The number of amides is 2. The number of aliphatic hydroxyl groups excluding tert-OH is 1. The van der Waals surface area contributed by atoms with Gasteiger partial charge in [-0.1, -0.05) is 62.4 Å². The molecule has 0 aromatic heterocycles. The molecule has 3 aromatic carbocycles. The number of thioether (sulfide) groups is 1. The van der Waals surface area contributed by atoms with Crippen LogP contribution in [-0.2, 0) is 31.6 Å². The van der Waals surface area contributed by atoms with E-state index < -0.39 is 50.3 Å². The molecule has 3 unspecified atom stereocenters. The molecule has 1 aliphatic rings. The van der Waals surface area contributed by atoms with E-state index in [2.05, 4.69) is 16.0 Å². The monoisotopic (exact) mass is 740 g/mol. The van der Waals surface area contributed by atoms with Gasteiger partial charge in [0.2, 0.25) is 21.8 Å². The zero-order valence-corrected chi connectivity index (χ0v) is 32.3. The fraction of sp³-hybridized carbons (Fsp3) is 0.487. The van der Waals surface area contributed by atoms with Crippen molar-refractivity contribution in [1.29, 1.82) is 0 Å². The molecule has 1 fully saturated rings. The van der Waals surface area contributed by atoms with E-state index in [4.69, 9.17) is 0 Å². The zero-order chi connectivity index (χ0) is 37.6. The standard InChI is InChI=1S/C39H53FN4O5S2/c1-26(2)24-44(51(48,49)32-17-16-27(3)28(4)20-32)25-34(45)33(21-29-12-9-8-10-13-29)42-37(47)36(38(5,6)50-7)43-35(46)23-41-39(18-19-39)30-14-11-15-31(40)22-30/h8-17,20,22,26,33-34,36,41,45H,18-19,21,23-25H2,1-7H3,(H,42,47)(H,43,46). The summed E-state index contributed by atoms with van der Waals surface area (Å²) in [4.78, 5) is 27.7. The average molecular weight is 741 g/mol. The summed E-state index contributed by atoms with van der Waals surface area (Å²) in [6.07, 6.45) is 2.31. The van der Waals surface area contributed by atoms with Crippen molar-refractivity contribution in [3.63, 3.8) is 0 Å². The summed E-state index contributed by atoms with van der Waals surface area (Å²) >= 11 is 1.41. The van der Waals surface area contributed by atoms with E-state index in [1.54, 1.807) is 24.3 Å². The molecule has 278 valence electrons. The summed E-state index contributed by atoms with van der Waals surface area (Å²) in [6, 6.07) is 18.8. The quantitative estimate of drug-likeness (QED) is 0.143. The van der Waals surface area contributed by atoms with Crippen LogP contribution >= 0.6 is 11.8 Å². The van der Waals surface area contributed by atoms with Crippen molar-refractivity contribution in [1.82, 2.24) is 20.3 Å². The Morgan fingerprint density at radius 3 is 2.24 bits per heavy atom. The van der Waals surface area contributed by atoms with Crippen molar-refractivity contribution in [2.75, 3.05) is 25.9 Å². The van der Waals surface area contributed by atoms with Crippen molar-refractivity contribution in [3.05, 3.63) is 101 Å². The molecule has 0 aliphatic heterocycles. The lowest BCUT2D eigenvalue weighted by atomic mass is 9.97. The highest BCUT2D eigenvalue weighted by Crippen LogP contribution is 2.45. The normalized spacial score (nSPS) is 16.1. The number of halogens is 1. The van der Waals surface area contributed by atoms with Crippen LogP contribution < -0.4 is 16.0 Å². The molecule has 4 N–H and O–H groups in total. The van der Waals surface area contributed by atoms with Gasteiger partial charge in [0.25, 0.3) is 0 Å². The van der Waals surface area contributed by atoms with Gasteiger partial charge in [-0.2, -0.15) is 16.1 Å². The largest absolute Gasteiger partial charge is 0.390 e. The first-order chi connectivity index (χ1) is 24.0. The van der Waals surface area contributed by atoms with Crippen molar-refractivity contribution < 1.29 is 27.5 Å². The molecular formula is C39H53FN4O5S2. The van der Waals surface area contributed by atoms with E-state index in [0.29, 0.717) is 0 Å². The summed E-state index contributed by atoms with van der Waals surface area (Å²) in [6.45, 7) is 11.1. The van der Waals surface area contributed by atoms with Crippen LogP contribution in [0.25, 0.3) is 0 Å². The Morgan fingerprint density at radius 2 is 1.65 bits per heavy atom. The lowest BCUT2D eigenvalue weighted by molar-refractivity contribution is -0.130. The third-order valence-electron chi connectivity index (χ3n) is 9.67. The minimum atomic E-state index is -3.99. The van der Waals surface area contributed by atoms with Crippen molar-refractivity contribution in [2.24, 2.45) is 5.92 Å². The Balaban J connectivity index is 1.56. The molecule has 0 saturated heterocycles. The van der Waals surface area contributed by atoms with E-state index in [1.807, 2.05) is 84.2 Å². The third-order valence-corrected chi connectivity index (χ3v) is 12.8. The van der Waals surface area contributed by atoms with Crippen LogP contribution in [0.1, 0.15) is 62.8 Å². The lowest BCUT2D eigenvalue weighted by Crippen LogP contribution is -2.61. The van der Waals surface area contributed by atoms with Gasteiger partial charge in [0.05, 0.1) is 23.6 Å². The molecular weight excluding hydrogens is 688 g/mol. The molecule has 1 saturated carbocycles. The Morgan fingerprint density at radius 1 is 0.961 bits per heavy atom. The highest BCUT2D eigenvalue weighted by atomic mass is 32.2. The molecule has 1 aliphatic carbocycles. The molecule has 51 heavy (non-hydrogen) atoms. The van der Waals surface area contributed by atoms with Gasteiger partial charge in [0.1, 0.15) is 11.9 Å². The first-order valence-corrected chi connectivity index (χ1v) is 20.1. The van der Waals surface area contributed by atoms with Crippen LogP contribution in [0.5, 0.6) is 0 Å². The van der Waals surface area contributed by atoms with Crippen LogP contribution in [-0.4, -0.2) is 78.5 Å². The van der Waals surface area contributed by atoms with E-state index in [0.717, 1.165) is 35.1 Å². The number of aliphatic hydroxyl groups is 1. The number of nitrogens with one attached hydrogen (secondary N) is 3. The fourth-order valence-corrected chi connectivity index (χ4v) is 8.18. The molecule has 0 bridgehead atoms. The van der Waals surface area contributed by atoms with Crippen molar-refractivity contribution in [2.45, 2.75) is 94.2 Å². The Hall–Kier alpha value is -3.29. The molecule has 2 amide bonds. The molecule has 12 heteroatoms. The number of hydrogen-bond acceptors (Lipinski definition) is 7. The van der Waals surface area contributed by atoms with Gasteiger partial charge in [0.15, 0.2) is 0 Å². The van der Waals surface area contributed by atoms with Crippen LogP contribution in [0.15, 0.2) is 77.7 Å². The van der Waals surface area contributed by atoms with Crippen molar-refractivity contribution >= 4 is 33.6 Å². The number of benzene rings is 3. The second kappa shape index (κ2) is 17.0. The molecule has 4 rings (SSSR count). The van der Waals surface area contributed by atoms with E-state index in [-0.39, 0.29) is 42.7 Å². The van der Waals surface area contributed by atoms with Gasteiger partial charge in [0, 0.05) is 23.4 Å². The number of aryl methyl sites for hydroxylation is 2. The molecule has 3 atom stereocenters. The summed E-state index contributed by atoms with van der Waals surface area (Å²) in [5.74, 6) is -1.28. The first-order valence-electron chi connectivity index (χ1n) is 17.4. The Bertz CT molecular complexity index is 1770. The third kappa shape index (κ3) is 10.6. The van der Waals surface area contributed by atoms with Gasteiger partial charge in [-0.25, -0.2) is 12.8 Å². The van der Waals surface area contributed by atoms with Gasteiger partial charge in [-0.15, -0.1) is 0 Å². The average Bonchev–Trinajstić information content (AvgIpc) is 3.88. The topological polar surface area (TPSA) is 128 Å². The van der Waals surface area contributed by atoms with Gasteiger partial charge in [-0.3, -0.25) is 14.9 Å². The van der Waals surface area contributed by atoms with Crippen LogP contribution in [0.2, 0.25) is 0 Å². The molecule has 0 radical (unpaired) electrons. The number of carbonyl (C=O) groups is 2. The fourth-order valence-electron chi connectivity index (χ4n) is 6.07. The highest BCUT2D eigenvalue weighted by molar-refractivity contribution is 8.00. The number of rotatable bonds is 18. The Kier molecular flexibility index (Phi) is 13.5. The maximum Gasteiger partial charge on any atom is 0.244 e. The molecule has 0 spiro atoms. The SMILES string of the molecule is CSC(C)(C)C(NC(=O)CNC1(c2cccc(F)c2)CC1)C(=O)NC(Cc1ccccc1)C(O)CN(CC(C)C)S(=O)(=O)c1ccc(C)c(C)c1. The number of carbonyl (C=O) groups excluding carboxylic acids is 2. The summed E-state index contributed by atoms with van der Waals surface area (Å²) in [5, 5.41) is 21.0. The molecule has 0 heterocycles. The number of nitrogens with zero attached hydrogens (tertiary/aromatic N) is 1. The smallest absolute Gasteiger partial charge is 0.244 e. The van der Waals surface area contributed by atoms with E-state index in [9.17, 15) is 27.5 Å². The summed E-state index contributed by atoms with van der Waals surface area (Å²) in [5.41, 5.74) is 2.94. The van der Waals surface area contributed by atoms with Crippen LogP contribution in [0, 0.1) is 25.6 Å². The second-order valence-corrected chi connectivity index (χ2v) is 18.0. The van der Waals surface area contributed by atoms with Gasteiger partial charge in [-0.05, 0) is 106 Å². The maximum atomic E-state index is 14.2. The predicted molar refractivity (Wildman–Crippen MR) is 202 cm³/mol. The Labute approximate surface area is 307 Å². The minimum Gasteiger partial charge on any atom is -0.390 e. The van der Waals surface area contributed by atoms with E-state index in [1.165, 1.54) is 28.2 Å². The van der Waals surface area contributed by atoms with Gasteiger partial charge < -0.3 is 15.7 Å². The first kappa shape index (κ1) is 40.5.